The third-order valence-electron chi connectivity index (χ3n) is 3.07. The van der Waals surface area contributed by atoms with Crippen LogP contribution in [0.2, 0.25) is 0 Å². The number of nitrogens with one attached hydrogen (secondary N) is 1. The van der Waals surface area contributed by atoms with Crippen molar-refractivity contribution in [3.63, 3.8) is 0 Å². The van der Waals surface area contributed by atoms with Gasteiger partial charge in [0.15, 0.2) is 11.6 Å². The molecular weight excluding hydrogens is 291 g/mol. The second-order valence-electron chi connectivity index (χ2n) is 4.83. The fraction of sp³-hybridized carbons (Fsp3) is 0.467. The summed E-state index contributed by atoms with van der Waals surface area (Å²) >= 11 is 0. The van der Waals surface area contributed by atoms with E-state index in [1.54, 1.807) is 12.1 Å². The van der Waals surface area contributed by atoms with Gasteiger partial charge in [-0.05, 0) is 18.6 Å². The lowest BCUT2D eigenvalue weighted by Crippen LogP contribution is -2.42. The molecule has 0 aliphatic rings. The quantitative estimate of drug-likeness (QED) is 0.770. The van der Waals surface area contributed by atoms with Crippen LogP contribution in [0.25, 0.3) is 0 Å². The highest BCUT2D eigenvalue weighted by molar-refractivity contribution is 5.75. The number of aliphatic carboxylic acids is 1. The standard InChI is InChI=1S/C15H21FN2O4/c1-3-11(22-13-7-5-4-6-12(13)16)10-17-15(21)18(2)9-8-14(19)20/h4-7,11H,3,8-10H2,1-2H3,(H,17,21)(H,19,20). The van der Waals surface area contributed by atoms with Crippen LogP contribution in [0.4, 0.5) is 9.18 Å². The van der Waals surface area contributed by atoms with Gasteiger partial charge in [-0.25, -0.2) is 9.18 Å². The number of carboxylic acids is 1. The first-order chi connectivity index (χ1) is 10.4. The molecule has 7 heteroatoms. The Morgan fingerprint density at radius 3 is 2.68 bits per heavy atom. The maximum atomic E-state index is 13.5. The minimum Gasteiger partial charge on any atom is -0.486 e. The summed E-state index contributed by atoms with van der Waals surface area (Å²) in [4.78, 5) is 23.5. The van der Waals surface area contributed by atoms with Crippen LogP contribution in [0.5, 0.6) is 5.75 Å². The Morgan fingerprint density at radius 2 is 2.09 bits per heavy atom. The number of hydrogen-bond donors (Lipinski definition) is 2. The highest BCUT2D eigenvalue weighted by atomic mass is 19.1. The average Bonchev–Trinajstić information content (AvgIpc) is 2.50. The number of hydrogen-bond acceptors (Lipinski definition) is 3. The molecule has 22 heavy (non-hydrogen) atoms. The summed E-state index contributed by atoms with van der Waals surface area (Å²) in [7, 11) is 1.51. The van der Waals surface area contributed by atoms with Crippen LogP contribution >= 0.6 is 0 Å². The molecule has 0 fully saturated rings. The van der Waals surface area contributed by atoms with E-state index in [9.17, 15) is 14.0 Å². The molecule has 0 aliphatic heterocycles. The van der Waals surface area contributed by atoms with Crippen LogP contribution in [0, 0.1) is 5.82 Å². The maximum absolute atomic E-state index is 13.5. The summed E-state index contributed by atoms with van der Waals surface area (Å²) in [5, 5.41) is 11.2. The number of amides is 2. The molecule has 1 aromatic rings. The Hall–Kier alpha value is -2.31. The summed E-state index contributed by atoms with van der Waals surface area (Å²) in [5.41, 5.74) is 0. The van der Waals surface area contributed by atoms with Crippen molar-refractivity contribution in [2.45, 2.75) is 25.9 Å². The highest BCUT2D eigenvalue weighted by Gasteiger charge is 2.15. The van der Waals surface area contributed by atoms with Gasteiger partial charge < -0.3 is 20.1 Å². The minimum atomic E-state index is -0.964. The van der Waals surface area contributed by atoms with Crippen molar-refractivity contribution in [2.75, 3.05) is 20.1 Å². The SMILES string of the molecule is CCC(CNC(=O)N(C)CCC(=O)O)Oc1ccccc1F. The molecule has 0 aliphatic carbocycles. The van der Waals surface area contributed by atoms with Crippen molar-refractivity contribution in [1.29, 1.82) is 0 Å². The smallest absolute Gasteiger partial charge is 0.317 e. The maximum Gasteiger partial charge on any atom is 0.317 e. The number of nitrogens with zero attached hydrogens (tertiary/aromatic N) is 1. The van der Waals surface area contributed by atoms with Crippen LogP contribution in [0.1, 0.15) is 19.8 Å². The fourth-order valence-corrected chi connectivity index (χ4v) is 1.69. The molecule has 1 aromatic carbocycles. The van der Waals surface area contributed by atoms with E-state index in [0.717, 1.165) is 0 Å². The van der Waals surface area contributed by atoms with Crippen LogP contribution in [-0.4, -0.2) is 48.2 Å². The van der Waals surface area contributed by atoms with Gasteiger partial charge in [-0.1, -0.05) is 19.1 Å². The van der Waals surface area contributed by atoms with E-state index in [4.69, 9.17) is 9.84 Å². The second kappa shape index (κ2) is 8.86. The fourth-order valence-electron chi connectivity index (χ4n) is 1.69. The number of para-hydroxylation sites is 1. The number of carbonyl (C=O) groups excluding carboxylic acids is 1. The summed E-state index contributed by atoms with van der Waals surface area (Å²) in [6.45, 7) is 2.19. The molecule has 0 heterocycles. The largest absolute Gasteiger partial charge is 0.486 e. The van der Waals surface area contributed by atoms with Crippen molar-refractivity contribution < 1.29 is 23.8 Å². The van der Waals surface area contributed by atoms with E-state index >= 15 is 0 Å². The molecule has 2 amide bonds. The van der Waals surface area contributed by atoms with Gasteiger partial charge in [-0.2, -0.15) is 0 Å². The number of urea groups is 1. The van der Waals surface area contributed by atoms with Crippen molar-refractivity contribution in [3.8, 4) is 5.75 Å². The van der Waals surface area contributed by atoms with Crippen LogP contribution < -0.4 is 10.1 Å². The lowest BCUT2D eigenvalue weighted by atomic mass is 10.2. The number of rotatable bonds is 8. The van der Waals surface area contributed by atoms with Crippen LogP contribution in [-0.2, 0) is 4.79 Å². The Morgan fingerprint density at radius 1 is 1.41 bits per heavy atom. The monoisotopic (exact) mass is 312 g/mol. The van der Waals surface area contributed by atoms with E-state index in [1.807, 2.05) is 6.92 Å². The zero-order valence-corrected chi connectivity index (χ0v) is 12.7. The predicted octanol–water partition coefficient (Wildman–Crippen LogP) is 2.10. The lowest BCUT2D eigenvalue weighted by molar-refractivity contribution is -0.137. The Kier molecular flexibility index (Phi) is 7.15. The molecule has 0 aromatic heterocycles. The summed E-state index contributed by atoms with van der Waals surface area (Å²) in [5.74, 6) is -1.28. The van der Waals surface area contributed by atoms with Crippen molar-refractivity contribution in [3.05, 3.63) is 30.1 Å². The molecule has 0 saturated heterocycles. The highest BCUT2D eigenvalue weighted by Crippen LogP contribution is 2.17. The van der Waals surface area contributed by atoms with E-state index in [-0.39, 0.29) is 31.4 Å². The first kappa shape index (κ1) is 17.7. The first-order valence-electron chi connectivity index (χ1n) is 7.06. The number of carbonyl (C=O) groups is 2. The molecule has 0 radical (unpaired) electrons. The number of carboxylic acid groups (broad SMARTS) is 1. The van der Waals surface area contributed by atoms with Gasteiger partial charge >= 0.3 is 12.0 Å². The van der Waals surface area contributed by atoms with Crippen LogP contribution in [0.3, 0.4) is 0 Å². The molecule has 2 N–H and O–H groups in total. The number of halogens is 1. The Balaban J connectivity index is 2.45. The topological polar surface area (TPSA) is 78.9 Å². The molecule has 6 nitrogen and oxygen atoms in total. The number of ether oxygens (including phenoxy) is 1. The molecule has 122 valence electrons. The van der Waals surface area contributed by atoms with Gasteiger partial charge in [0.25, 0.3) is 0 Å². The van der Waals surface area contributed by atoms with E-state index in [2.05, 4.69) is 5.32 Å². The van der Waals surface area contributed by atoms with E-state index in [0.29, 0.717) is 6.42 Å². The van der Waals surface area contributed by atoms with E-state index < -0.39 is 17.8 Å². The summed E-state index contributed by atoms with van der Waals surface area (Å²) in [6.07, 6.45) is 0.106. The minimum absolute atomic E-state index is 0.117. The first-order valence-corrected chi connectivity index (χ1v) is 7.06. The zero-order chi connectivity index (χ0) is 16.5. The normalized spacial score (nSPS) is 11.6. The summed E-state index contributed by atoms with van der Waals surface area (Å²) in [6, 6.07) is 5.68. The van der Waals surface area contributed by atoms with E-state index in [1.165, 1.54) is 24.1 Å². The van der Waals surface area contributed by atoms with Crippen molar-refractivity contribution in [1.82, 2.24) is 10.2 Å². The van der Waals surface area contributed by atoms with Crippen molar-refractivity contribution >= 4 is 12.0 Å². The molecule has 1 unspecified atom stereocenters. The third-order valence-corrected chi connectivity index (χ3v) is 3.07. The second-order valence-corrected chi connectivity index (χ2v) is 4.83. The molecule has 0 bridgehead atoms. The molecule has 1 atom stereocenters. The van der Waals surface area contributed by atoms with Gasteiger partial charge in [-0.3, -0.25) is 4.79 Å². The molecule has 0 saturated carbocycles. The lowest BCUT2D eigenvalue weighted by Gasteiger charge is -2.21. The molecular formula is C15H21FN2O4. The number of benzene rings is 1. The third kappa shape index (κ3) is 5.99. The zero-order valence-electron chi connectivity index (χ0n) is 12.7. The van der Waals surface area contributed by atoms with Crippen molar-refractivity contribution in [2.24, 2.45) is 0 Å². The Labute approximate surface area is 128 Å². The van der Waals surface area contributed by atoms with Gasteiger partial charge in [0.1, 0.15) is 6.10 Å². The van der Waals surface area contributed by atoms with Crippen LogP contribution in [0.15, 0.2) is 24.3 Å². The van der Waals surface area contributed by atoms with Gasteiger partial charge in [0.05, 0.1) is 13.0 Å². The molecule has 1 rings (SSSR count). The molecule has 0 spiro atoms. The Bertz CT molecular complexity index is 510. The predicted molar refractivity (Wildman–Crippen MR) is 79.4 cm³/mol. The van der Waals surface area contributed by atoms with Gasteiger partial charge in [0.2, 0.25) is 0 Å². The van der Waals surface area contributed by atoms with Gasteiger partial charge in [0, 0.05) is 13.6 Å². The average molecular weight is 312 g/mol. The van der Waals surface area contributed by atoms with Gasteiger partial charge in [-0.15, -0.1) is 0 Å². The summed E-state index contributed by atoms with van der Waals surface area (Å²) < 4.78 is 19.0.